The van der Waals surface area contributed by atoms with Crippen molar-refractivity contribution in [2.45, 2.75) is 19.3 Å². The molecule has 0 spiro atoms. The second-order valence-corrected chi connectivity index (χ2v) is 3.62. The highest BCUT2D eigenvalue weighted by Crippen LogP contribution is 2.25. The van der Waals surface area contributed by atoms with E-state index in [1.807, 2.05) is 13.8 Å². The Morgan fingerprint density at radius 3 is 2.46 bits per heavy atom. The Labute approximate surface area is 77.4 Å². The third kappa shape index (κ3) is 1.86. The molecule has 0 fully saturated rings. The lowest BCUT2D eigenvalue weighted by molar-refractivity contribution is 0.537. The molecule has 0 aliphatic rings. The molecule has 0 amide bonds. The van der Waals surface area contributed by atoms with Crippen LogP contribution < -0.4 is 17.2 Å². The van der Waals surface area contributed by atoms with Crippen LogP contribution in [0.3, 0.4) is 0 Å². The maximum atomic E-state index is 5.70. The highest BCUT2D eigenvalue weighted by atomic mass is 15.0. The molecule has 1 rings (SSSR count). The van der Waals surface area contributed by atoms with Gasteiger partial charge in [-0.3, -0.25) is 0 Å². The first-order valence-electron chi connectivity index (χ1n) is 4.06. The van der Waals surface area contributed by atoms with Gasteiger partial charge in [0, 0.05) is 23.7 Å². The van der Waals surface area contributed by atoms with Crippen molar-refractivity contribution in [3.05, 3.63) is 11.8 Å². The number of rotatable bonds is 2. The fourth-order valence-corrected chi connectivity index (χ4v) is 1.04. The molecule has 1 heterocycles. The molecule has 0 saturated carbocycles. The van der Waals surface area contributed by atoms with Gasteiger partial charge in [-0.1, -0.05) is 13.8 Å². The number of nitrogen functional groups attached to an aromatic ring is 2. The van der Waals surface area contributed by atoms with Gasteiger partial charge in [-0.15, -0.1) is 0 Å². The second-order valence-electron chi connectivity index (χ2n) is 3.62. The van der Waals surface area contributed by atoms with E-state index in [0.29, 0.717) is 12.4 Å². The lowest BCUT2D eigenvalue weighted by Crippen LogP contribution is -2.29. The van der Waals surface area contributed by atoms with E-state index >= 15 is 0 Å². The number of aromatic nitrogens is 2. The lowest BCUT2D eigenvalue weighted by atomic mass is 9.86. The van der Waals surface area contributed by atoms with Crippen molar-refractivity contribution >= 4 is 11.8 Å². The van der Waals surface area contributed by atoms with Crippen LogP contribution in [0.2, 0.25) is 0 Å². The molecule has 6 N–H and O–H groups in total. The minimum absolute atomic E-state index is 0.189. The molecule has 5 nitrogen and oxygen atoms in total. The van der Waals surface area contributed by atoms with Gasteiger partial charge < -0.3 is 17.2 Å². The monoisotopic (exact) mass is 181 g/mol. The zero-order valence-corrected chi connectivity index (χ0v) is 7.91. The highest BCUT2D eigenvalue weighted by Gasteiger charge is 2.22. The Kier molecular flexibility index (Phi) is 2.38. The van der Waals surface area contributed by atoms with Gasteiger partial charge in [0.25, 0.3) is 0 Å². The van der Waals surface area contributed by atoms with Crippen LogP contribution >= 0.6 is 0 Å². The van der Waals surface area contributed by atoms with E-state index in [4.69, 9.17) is 17.2 Å². The minimum Gasteiger partial charge on any atom is -0.383 e. The number of anilines is 2. The molecule has 0 bridgehead atoms. The molecule has 0 aliphatic carbocycles. The summed E-state index contributed by atoms with van der Waals surface area (Å²) in [6.45, 7) is 4.46. The zero-order chi connectivity index (χ0) is 10.1. The van der Waals surface area contributed by atoms with Crippen molar-refractivity contribution < 1.29 is 0 Å². The average molecular weight is 181 g/mol. The van der Waals surface area contributed by atoms with Crippen LogP contribution in [0.25, 0.3) is 0 Å². The van der Waals surface area contributed by atoms with Crippen molar-refractivity contribution in [3.8, 4) is 0 Å². The van der Waals surface area contributed by atoms with Crippen LogP contribution in [0, 0.1) is 0 Å². The van der Waals surface area contributed by atoms with Crippen molar-refractivity contribution in [2.24, 2.45) is 5.73 Å². The maximum Gasteiger partial charge on any atom is 0.221 e. The number of hydrogen-bond acceptors (Lipinski definition) is 5. The third-order valence-electron chi connectivity index (χ3n) is 2.08. The Bertz CT molecular complexity index is 307. The summed E-state index contributed by atoms with van der Waals surface area (Å²) >= 11 is 0. The van der Waals surface area contributed by atoms with Crippen molar-refractivity contribution in [2.75, 3.05) is 18.0 Å². The lowest BCUT2D eigenvalue weighted by Gasteiger charge is -2.23. The van der Waals surface area contributed by atoms with Gasteiger partial charge in [0.15, 0.2) is 0 Å². The predicted octanol–water partition coefficient (Wildman–Crippen LogP) is -0.123. The van der Waals surface area contributed by atoms with Gasteiger partial charge in [0.1, 0.15) is 5.82 Å². The molecule has 1 aromatic rings. The molecular formula is C8H15N5. The first kappa shape index (κ1) is 9.73. The van der Waals surface area contributed by atoms with E-state index in [9.17, 15) is 0 Å². The van der Waals surface area contributed by atoms with Crippen LogP contribution in [-0.2, 0) is 5.41 Å². The van der Waals surface area contributed by atoms with Gasteiger partial charge in [0.2, 0.25) is 5.95 Å². The quantitative estimate of drug-likeness (QED) is 0.590. The smallest absolute Gasteiger partial charge is 0.221 e. The van der Waals surface area contributed by atoms with Crippen LogP contribution in [0.4, 0.5) is 11.8 Å². The van der Waals surface area contributed by atoms with E-state index in [1.165, 1.54) is 0 Å². The number of nitrogens with two attached hydrogens (primary N) is 3. The molecule has 13 heavy (non-hydrogen) atoms. The minimum atomic E-state index is -0.211. The molecule has 0 unspecified atom stereocenters. The molecule has 0 atom stereocenters. The summed E-state index contributed by atoms with van der Waals surface area (Å²) in [5, 5.41) is 0. The highest BCUT2D eigenvalue weighted by molar-refractivity contribution is 5.45. The zero-order valence-electron chi connectivity index (χ0n) is 7.91. The molecule has 72 valence electrons. The van der Waals surface area contributed by atoms with Crippen molar-refractivity contribution in [1.82, 2.24) is 9.97 Å². The van der Waals surface area contributed by atoms with Gasteiger partial charge in [-0.2, -0.15) is 4.98 Å². The number of hydrogen-bond donors (Lipinski definition) is 3. The van der Waals surface area contributed by atoms with Gasteiger partial charge in [-0.05, 0) is 0 Å². The summed E-state index contributed by atoms with van der Waals surface area (Å²) in [6, 6.07) is 0. The van der Waals surface area contributed by atoms with E-state index < -0.39 is 0 Å². The Morgan fingerprint density at radius 1 is 1.38 bits per heavy atom. The van der Waals surface area contributed by atoms with Crippen molar-refractivity contribution in [1.29, 1.82) is 0 Å². The molecule has 0 aliphatic heterocycles. The van der Waals surface area contributed by atoms with Gasteiger partial charge in [0.05, 0.1) is 0 Å². The first-order chi connectivity index (χ1) is 5.97. The predicted molar refractivity (Wildman–Crippen MR) is 52.9 cm³/mol. The summed E-state index contributed by atoms with van der Waals surface area (Å²) in [4.78, 5) is 7.76. The van der Waals surface area contributed by atoms with E-state index in [2.05, 4.69) is 9.97 Å². The normalized spacial score (nSPS) is 11.6. The molecule has 0 aromatic carbocycles. The van der Waals surface area contributed by atoms with Crippen LogP contribution in [0.1, 0.15) is 19.4 Å². The third-order valence-corrected chi connectivity index (χ3v) is 2.08. The Hall–Kier alpha value is -1.36. The van der Waals surface area contributed by atoms with Crippen LogP contribution in [-0.4, -0.2) is 16.5 Å². The second kappa shape index (κ2) is 3.18. The maximum absolute atomic E-state index is 5.70. The summed E-state index contributed by atoms with van der Waals surface area (Å²) in [5.41, 5.74) is 17.3. The summed E-state index contributed by atoms with van der Waals surface area (Å²) in [7, 11) is 0. The largest absolute Gasteiger partial charge is 0.383 e. The van der Waals surface area contributed by atoms with Crippen LogP contribution in [0.5, 0.6) is 0 Å². The topological polar surface area (TPSA) is 104 Å². The first-order valence-corrected chi connectivity index (χ1v) is 4.06. The Balaban J connectivity index is 3.16. The molecule has 0 saturated heterocycles. The standard InChI is InChI=1S/C8H15N5/c1-8(2,4-9)5-3-12-7(11)13-6(5)10/h3H,4,9H2,1-2H3,(H4,10,11,12,13). The average Bonchev–Trinajstić information content (AvgIpc) is 2.03. The van der Waals surface area contributed by atoms with E-state index in [-0.39, 0.29) is 11.4 Å². The molecule has 0 radical (unpaired) electrons. The summed E-state index contributed by atoms with van der Waals surface area (Å²) in [6.07, 6.45) is 1.63. The summed E-state index contributed by atoms with van der Waals surface area (Å²) < 4.78 is 0. The summed E-state index contributed by atoms with van der Waals surface area (Å²) in [5.74, 6) is 0.594. The van der Waals surface area contributed by atoms with Crippen LogP contribution in [0.15, 0.2) is 6.20 Å². The van der Waals surface area contributed by atoms with Gasteiger partial charge in [-0.25, -0.2) is 4.98 Å². The molecule has 1 aromatic heterocycles. The Morgan fingerprint density at radius 2 is 2.00 bits per heavy atom. The molecular weight excluding hydrogens is 166 g/mol. The fraction of sp³-hybridized carbons (Fsp3) is 0.500. The van der Waals surface area contributed by atoms with Crippen molar-refractivity contribution in [3.63, 3.8) is 0 Å². The van der Waals surface area contributed by atoms with E-state index in [0.717, 1.165) is 5.56 Å². The SMILES string of the molecule is CC(C)(CN)c1cnc(N)nc1N. The van der Waals surface area contributed by atoms with E-state index in [1.54, 1.807) is 6.20 Å². The number of nitrogens with zero attached hydrogens (tertiary/aromatic N) is 2. The van der Waals surface area contributed by atoms with Gasteiger partial charge >= 0.3 is 0 Å². The molecule has 5 heteroatoms. The fourth-order valence-electron chi connectivity index (χ4n) is 1.04.